The number of ketones is 1. The maximum atomic E-state index is 13.3. The van der Waals surface area contributed by atoms with Crippen molar-refractivity contribution in [1.82, 2.24) is 15.6 Å². The number of hydrogen-bond acceptors (Lipinski definition) is 6. The number of aliphatic hydroxyl groups excluding tert-OH is 1. The molecule has 2 amide bonds. The van der Waals surface area contributed by atoms with E-state index < -0.39 is 29.4 Å². The SMILES string of the molecule is CC(=O)N[C@H](C(=O)C1C[C@H](O)C[C@H]1C(=O)NCc1ccc(-c2scnc2C)cc1)C(C)(C)C. The molecule has 1 aromatic heterocycles. The van der Waals surface area contributed by atoms with Gasteiger partial charge in [-0.2, -0.15) is 0 Å². The normalized spacial score (nSPS) is 21.5. The molecule has 0 spiro atoms. The molecule has 4 atom stereocenters. The monoisotopic (exact) mass is 471 g/mol. The van der Waals surface area contributed by atoms with E-state index in [-0.39, 0.29) is 30.4 Å². The van der Waals surface area contributed by atoms with Gasteiger partial charge in [0.1, 0.15) is 0 Å². The first-order chi connectivity index (χ1) is 15.5. The van der Waals surface area contributed by atoms with Gasteiger partial charge in [0.15, 0.2) is 5.78 Å². The first-order valence-corrected chi connectivity index (χ1v) is 12.1. The highest BCUT2D eigenvalue weighted by Crippen LogP contribution is 2.36. The third kappa shape index (κ3) is 6.06. The molecule has 1 heterocycles. The van der Waals surface area contributed by atoms with Crippen molar-refractivity contribution < 1.29 is 19.5 Å². The fraction of sp³-hybridized carbons (Fsp3) is 0.520. The fourth-order valence-corrected chi connectivity index (χ4v) is 5.23. The van der Waals surface area contributed by atoms with Gasteiger partial charge in [-0.15, -0.1) is 11.3 Å². The van der Waals surface area contributed by atoms with Gasteiger partial charge in [0.2, 0.25) is 11.8 Å². The number of nitrogens with zero attached hydrogens (tertiary/aromatic N) is 1. The summed E-state index contributed by atoms with van der Waals surface area (Å²) in [6, 6.07) is 7.23. The van der Waals surface area contributed by atoms with E-state index in [9.17, 15) is 19.5 Å². The summed E-state index contributed by atoms with van der Waals surface area (Å²) in [6.45, 7) is 9.32. The van der Waals surface area contributed by atoms with Crippen LogP contribution in [0.2, 0.25) is 0 Å². The van der Waals surface area contributed by atoms with E-state index in [0.717, 1.165) is 21.7 Å². The lowest BCUT2D eigenvalue weighted by molar-refractivity contribution is -0.136. The molecule has 0 radical (unpaired) electrons. The molecule has 0 aliphatic heterocycles. The van der Waals surface area contributed by atoms with E-state index in [1.165, 1.54) is 6.92 Å². The average Bonchev–Trinajstić information content (AvgIpc) is 3.35. The first-order valence-electron chi connectivity index (χ1n) is 11.2. The van der Waals surface area contributed by atoms with Gasteiger partial charge in [0, 0.05) is 19.4 Å². The molecular formula is C25H33N3O4S. The van der Waals surface area contributed by atoms with Crippen LogP contribution >= 0.6 is 11.3 Å². The zero-order valence-corrected chi connectivity index (χ0v) is 20.7. The van der Waals surface area contributed by atoms with Crippen molar-refractivity contribution in [3.8, 4) is 10.4 Å². The van der Waals surface area contributed by atoms with E-state index in [0.29, 0.717) is 6.54 Å². The van der Waals surface area contributed by atoms with Gasteiger partial charge in [-0.25, -0.2) is 4.98 Å². The third-order valence-electron chi connectivity index (χ3n) is 6.17. The molecule has 8 heteroatoms. The number of carbonyl (C=O) groups is 3. The van der Waals surface area contributed by atoms with Gasteiger partial charge in [0.25, 0.3) is 0 Å². The van der Waals surface area contributed by atoms with Crippen molar-refractivity contribution in [2.45, 2.75) is 66.2 Å². The zero-order valence-electron chi connectivity index (χ0n) is 19.8. The summed E-state index contributed by atoms with van der Waals surface area (Å²) >= 11 is 1.59. The minimum absolute atomic E-state index is 0.196. The molecule has 1 fully saturated rings. The molecule has 1 aromatic carbocycles. The predicted octanol–water partition coefficient (Wildman–Crippen LogP) is 3.24. The smallest absolute Gasteiger partial charge is 0.224 e. The lowest BCUT2D eigenvalue weighted by atomic mass is 9.77. The van der Waals surface area contributed by atoms with Crippen LogP contribution in [0.5, 0.6) is 0 Å². The summed E-state index contributed by atoms with van der Waals surface area (Å²) in [4.78, 5) is 43.4. The molecule has 3 N–H and O–H groups in total. The summed E-state index contributed by atoms with van der Waals surface area (Å²) in [5.41, 5.74) is 4.34. The second-order valence-electron chi connectivity index (χ2n) is 9.92. The van der Waals surface area contributed by atoms with Crippen LogP contribution in [0.15, 0.2) is 29.8 Å². The number of amides is 2. The maximum absolute atomic E-state index is 13.3. The molecule has 7 nitrogen and oxygen atoms in total. The Morgan fingerprint density at radius 3 is 2.33 bits per heavy atom. The number of hydrogen-bond donors (Lipinski definition) is 3. The fourth-order valence-electron chi connectivity index (χ4n) is 4.42. The summed E-state index contributed by atoms with van der Waals surface area (Å²) in [5.74, 6) is -1.99. The number of benzene rings is 1. The zero-order chi connectivity index (χ0) is 24.3. The number of nitrogens with one attached hydrogen (secondary N) is 2. The highest BCUT2D eigenvalue weighted by Gasteiger charge is 2.46. The Bertz CT molecular complexity index is 1010. The van der Waals surface area contributed by atoms with Crippen LogP contribution in [0, 0.1) is 24.2 Å². The Hall–Kier alpha value is -2.58. The van der Waals surface area contributed by atoms with Gasteiger partial charge in [0.05, 0.1) is 34.1 Å². The quantitative estimate of drug-likeness (QED) is 0.575. The number of aromatic nitrogens is 1. The standard InChI is InChI=1S/C25H33N3O4S/c1-14-22(33-13-27-14)17-8-6-16(7-9-17)12-26-24(32)20-11-18(30)10-19(20)21(31)23(25(3,4)5)28-15(2)29/h6-9,13,18-20,23,30H,10-12H2,1-5H3,(H,26,32)(H,28,29)/t18-,19?,20+,23+/m0/s1. The molecule has 1 saturated carbocycles. The Morgan fingerprint density at radius 2 is 1.79 bits per heavy atom. The highest BCUT2D eigenvalue weighted by atomic mass is 32.1. The Labute approximate surface area is 199 Å². The minimum atomic E-state index is -0.719. The van der Waals surface area contributed by atoms with Crippen LogP contribution < -0.4 is 10.6 Å². The summed E-state index contributed by atoms with van der Waals surface area (Å²) in [5, 5.41) is 15.9. The number of aliphatic hydroxyl groups is 1. The molecule has 1 aliphatic carbocycles. The van der Waals surface area contributed by atoms with E-state index in [1.807, 2.05) is 57.5 Å². The predicted molar refractivity (Wildman–Crippen MR) is 128 cm³/mol. The Kier molecular flexibility index (Phi) is 7.69. The lowest BCUT2D eigenvalue weighted by Crippen LogP contribution is -2.52. The van der Waals surface area contributed by atoms with Crippen molar-refractivity contribution in [3.05, 3.63) is 41.0 Å². The summed E-state index contributed by atoms with van der Waals surface area (Å²) in [6.07, 6.45) is -0.246. The van der Waals surface area contributed by atoms with Crippen molar-refractivity contribution >= 4 is 28.9 Å². The molecular weight excluding hydrogens is 438 g/mol. The number of rotatable bonds is 7. The Morgan fingerprint density at radius 1 is 1.15 bits per heavy atom. The Balaban J connectivity index is 1.67. The minimum Gasteiger partial charge on any atom is -0.393 e. The molecule has 0 saturated heterocycles. The maximum Gasteiger partial charge on any atom is 0.224 e. The van der Waals surface area contributed by atoms with Gasteiger partial charge >= 0.3 is 0 Å². The van der Waals surface area contributed by atoms with Crippen molar-refractivity contribution in [2.75, 3.05) is 0 Å². The van der Waals surface area contributed by atoms with Crippen molar-refractivity contribution in [1.29, 1.82) is 0 Å². The summed E-state index contributed by atoms with van der Waals surface area (Å²) in [7, 11) is 0. The lowest BCUT2D eigenvalue weighted by Gasteiger charge is -2.33. The number of thiazole rings is 1. The topological polar surface area (TPSA) is 108 Å². The molecule has 33 heavy (non-hydrogen) atoms. The van der Waals surface area contributed by atoms with Crippen LogP contribution in [0.4, 0.5) is 0 Å². The van der Waals surface area contributed by atoms with Crippen LogP contribution in [-0.4, -0.2) is 39.8 Å². The van der Waals surface area contributed by atoms with E-state index in [2.05, 4.69) is 15.6 Å². The van der Waals surface area contributed by atoms with Crippen LogP contribution in [-0.2, 0) is 20.9 Å². The molecule has 1 aliphatic rings. The largest absolute Gasteiger partial charge is 0.393 e. The number of aryl methyl sites for hydroxylation is 1. The van der Waals surface area contributed by atoms with Gasteiger partial charge < -0.3 is 15.7 Å². The third-order valence-corrected chi connectivity index (χ3v) is 7.14. The molecule has 178 valence electrons. The van der Waals surface area contributed by atoms with Gasteiger partial charge in [-0.05, 0) is 36.3 Å². The van der Waals surface area contributed by atoms with Gasteiger partial charge in [-0.3, -0.25) is 14.4 Å². The summed E-state index contributed by atoms with van der Waals surface area (Å²) < 4.78 is 0. The van der Waals surface area contributed by atoms with Crippen LogP contribution in [0.3, 0.4) is 0 Å². The molecule has 0 bridgehead atoms. The van der Waals surface area contributed by atoms with E-state index in [1.54, 1.807) is 11.3 Å². The molecule has 1 unspecified atom stereocenters. The van der Waals surface area contributed by atoms with E-state index >= 15 is 0 Å². The van der Waals surface area contributed by atoms with Crippen LogP contribution in [0.1, 0.15) is 51.8 Å². The number of Topliss-reactive ketones (excluding diaryl/α,β-unsaturated/α-hetero) is 1. The van der Waals surface area contributed by atoms with Gasteiger partial charge in [-0.1, -0.05) is 45.0 Å². The molecule has 2 aromatic rings. The average molecular weight is 472 g/mol. The highest BCUT2D eigenvalue weighted by molar-refractivity contribution is 7.13. The van der Waals surface area contributed by atoms with Crippen molar-refractivity contribution in [3.63, 3.8) is 0 Å². The second kappa shape index (κ2) is 10.1. The van der Waals surface area contributed by atoms with Crippen molar-refractivity contribution in [2.24, 2.45) is 17.3 Å². The molecule has 3 rings (SSSR count). The van der Waals surface area contributed by atoms with Crippen LogP contribution in [0.25, 0.3) is 10.4 Å². The van der Waals surface area contributed by atoms with E-state index in [4.69, 9.17) is 0 Å². The second-order valence-corrected chi connectivity index (χ2v) is 10.8. The first kappa shape index (κ1) is 25.1. The number of carbonyl (C=O) groups excluding carboxylic acids is 3.